The number of benzene rings is 2. The first kappa shape index (κ1) is 22.4. The van der Waals surface area contributed by atoms with Gasteiger partial charge in [0.25, 0.3) is 0 Å². The number of amides is 1. The number of carbonyl (C=O) groups is 1. The van der Waals surface area contributed by atoms with Gasteiger partial charge in [-0.2, -0.15) is 4.31 Å². The smallest absolute Gasteiger partial charge is 0.243 e. The monoisotopic (exact) mass is 422 g/mol. The van der Waals surface area contributed by atoms with Gasteiger partial charge in [-0.05, 0) is 50.1 Å². The molecule has 0 heterocycles. The zero-order chi connectivity index (χ0) is 20.7. The van der Waals surface area contributed by atoms with Crippen LogP contribution in [-0.2, 0) is 21.4 Å². The van der Waals surface area contributed by atoms with Crippen molar-refractivity contribution in [3.63, 3.8) is 0 Å². The SMILES string of the molecule is CCC[C@@H](C)NC(=O)CN(Cc1cccc(Cl)c1)S(=O)(=O)c1ccc(C)cc1. The van der Waals surface area contributed by atoms with Crippen LogP contribution in [0.25, 0.3) is 0 Å². The van der Waals surface area contributed by atoms with Gasteiger partial charge in [-0.25, -0.2) is 8.42 Å². The summed E-state index contributed by atoms with van der Waals surface area (Å²) in [6.07, 6.45) is 1.78. The third kappa shape index (κ3) is 6.33. The first-order chi connectivity index (χ1) is 13.2. The van der Waals surface area contributed by atoms with E-state index in [1.807, 2.05) is 20.8 Å². The lowest BCUT2D eigenvalue weighted by molar-refractivity contribution is -0.122. The number of aryl methyl sites for hydroxylation is 1. The van der Waals surface area contributed by atoms with Crippen molar-refractivity contribution in [3.05, 3.63) is 64.7 Å². The Bertz CT molecular complexity index is 898. The molecule has 1 amide bonds. The van der Waals surface area contributed by atoms with Gasteiger partial charge in [-0.15, -0.1) is 0 Å². The molecule has 7 heteroatoms. The predicted molar refractivity (Wildman–Crippen MR) is 113 cm³/mol. The van der Waals surface area contributed by atoms with Gasteiger partial charge in [0, 0.05) is 17.6 Å². The molecule has 0 unspecified atom stereocenters. The Hall–Kier alpha value is -1.89. The summed E-state index contributed by atoms with van der Waals surface area (Å²) in [5, 5.41) is 3.39. The molecule has 0 aliphatic rings. The molecule has 5 nitrogen and oxygen atoms in total. The number of carbonyl (C=O) groups excluding carboxylic acids is 1. The van der Waals surface area contributed by atoms with Crippen molar-refractivity contribution in [2.45, 2.75) is 51.1 Å². The van der Waals surface area contributed by atoms with Gasteiger partial charge in [0.1, 0.15) is 0 Å². The molecular weight excluding hydrogens is 396 g/mol. The number of halogens is 1. The highest BCUT2D eigenvalue weighted by molar-refractivity contribution is 7.89. The van der Waals surface area contributed by atoms with Crippen molar-refractivity contribution in [1.82, 2.24) is 9.62 Å². The quantitative estimate of drug-likeness (QED) is 0.660. The first-order valence-corrected chi connectivity index (χ1v) is 11.1. The van der Waals surface area contributed by atoms with E-state index in [1.54, 1.807) is 48.5 Å². The molecule has 0 aromatic heterocycles. The van der Waals surface area contributed by atoms with Gasteiger partial charge in [-0.1, -0.05) is 54.8 Å². The van der Waals surface area contributed by atoms with Gasteiger partial charge in [0.2, 0.25) is 15.9 Å². The molecule has 2 aromatic carbocycles. The fourth-order valence-electron chi connectivity index (χ4n) is 2.91. The Labute approximate surface area is 172 Å². The summed E-state index contributed by atoms with van der Waals surface area (Å²) >= 11 is 6.04. The minimum absolute atomic E-state index is 0.00685. The number of rotatable bonds is 9. The second-order valence-electron chi connectivity index (χ2n) is 6.97. The molecular formula is C21H27ClN2O3S. The molecule has 0 aliphatic heterocycles. The first-order valence-electron chi connectivity index (χ1n) is 9.33. The number of hydrogen-bond donors (Lipinski definition) is 1. The van der Waals surface area contributed by atoms with Crippen LogP contribution in [0.3, 0.4) is 0 Å². The highest BCUT2D eigenvalue weighted by atomic mass is 35.5. The fourth-order valence-corrected chi connectivity index (χ4v) is 4.51. The lowest BCUT2D eigenvalue weighted by Crippen LogP contribution is -2.43. The fraction of sp³-hybridized carbons (Fsp3) is 0.381. The Kier molecular flexibility index (Phi) is 8.04. The van der Waals surface area contributed by atoms with E-state index < -0.39 is 10.0 Å². The Morgan fingerprint density at radius 2 is 1.86 bits per heavy atom. The van der Waals surface area contributed by atoms with Crippen molar-refractivity contribution >= 4 is 27.5 Å². The molecule has 0 saturated carbocycles. The Morgan fingerprint density at radius 3 is 2.46 bits per heavy atom. The van der Waals surface area contributed by atoms with Crippen LogP contribution in [0.5, 0.6) is 0 Å². The summed E-state index contributed by atoms with van der Waals surface area (Å²) in [5.41, 5.74) is 1.68. The highest BCUT2D eigenvalue weighted by Gasteiger charge is 2.27. The van der Waals surface area contributed by atoms with Gasteiger partial charge in [0.05, 0.1) is 11.4 Å². The lowest BCUT2D eigenvalue weighted by atomic mass is 10.2. The molecule has 152 valence electrons. The normalized spacial score (nSPS) is 12.8. The van der Waals surface area contributed by atoms with E-state index in [-0.39, 0.29) is 29.9 Å². The molecule has 0 fully saturated rings. The van der Waals surface area contributed by atoms with Crippen molar-refractivity contribution < 1.29 is 13.2 Å². The molecule has 1 atom stereocenters. The molecule has 0 spiro atoms. The number of nitrogens with zero attached hydrogens (tertiary/aromatic N) is 1. The molecule has 0 aliphatic carbocycles. The predicted octanol–water partition coefficient (Wildman–Crippen LogP) is 4.14. The summed E-state index contributed by atoms with van der Waals surface area (Å²) < 4.78 is 27.6. The molecule has 2 rings (SSSR count). The second-order valence-corrected chi connectivity index (χ2v) is 9.35. The standard InChI is InChI=1S/C21H27ClN2O3S/c1-4-6-17(3)23-21(25)15-24(14-18-7-5-8-19(22)13-18)28(26,27)20-11-9-16(2)10-12-20/h5,7-13,17H,4,6,14-15H2,1-3H3,(H,23,25)/t17-/m1/s1. The van der Waals surface area contributed by atoms with E-state index >= 15 is 0 Å². The topological polar surface area (TPSA) is 66.5 Å². The zero-order valence-corrected chi connectivity index (χ0v) is 18.1. The molecule has 28 heavy (non-hydrogen) atoms. The molecule has 1 N–H and O–H groups in total. The van der Waals surface area contributed by atoms with Crippen LogP contribution in [0.2, 0.25) is 5.02 Å². The van der Waals surface area contributed by atoms with E-state index in [1.165, 1.54) is 4.31 Å². The van der Waals surface area contributed by atoms with Gasteiger partial charge < -0.3 is 5.32 Å². The summed E-state index contributed by atoms with van der Waals surface area (Å²) in [5.74, 6) is -0.321. The highest BCUT2D eigenvalue weighted by Crippen LogP contribution is 2.20. The van der Waals surface area contributed by atoms with E-state index in [0.29, 0.717) is 5.02 Å². The average molecular weight is 423 g/mol. The van der Waals surface area contributed by atoms with E-state index in [4.69, 9.17) is 11.6 Å². The molecule has 0 saturated heterocycles. The molecule has 2 aromatic rings. The number of sulfonamides is 1. The summed E-state index contributed by atoms with van der Waals surface area (Å²) in [6.45, 7) is 5.65. The lowest BCUT2D eigenvalue weighted by Gasteiger charge is -2.23. The minimum Gasteiger partial charge on any atom is -0.353 e. The van der Waals surface area contributed by atoms with Crippen LogP contribution in [-0.4, -0.2) is 31.2 Å². The van der Waals surface area contributed by atoms with Crippen molar-refractivity contribution in [2.24, 2.45) is 0 Å². The maximum Gasteiger partial charge on any atom is 0.243 e. The number of nitrogens with one attached hydrogen (secondary N) is 1. The number of hydrogen-bond acceptors (Lipinski definition) is 3. The van der Waals surface area contributed by atoms with Crippen LogP contribution in [0.4, 0.5) is 0 Å². The molecule has 0 bridgehead atoms. The van der Waals surface area contributed by atoms with Crippen molar-refractivity contribution in [2.75, 3.05) is 6.54 Å². The van der Waals surface area contributed by atoms with Gasteiger partial charge in [0.15, 0.2) is 0 Å². The average Bonchev–Trinajstić information content (AvgIpc) is 2.61. The van der Waals surface area contributed by atoms with Crippen LogP contribution in [0, 0.1) is 6.92 Å². The third-order valence-electron chi connectivity index (χ3n) is 4.36. The third-order valence-corrected chi connectivity index (χ3v) is 6.40. The van der Waals surface area contributed by atoms with E-state index in [9.17, 15) is 13.2 Å². The summed E-state index contributed by atoms with van der Waals surface area (Å²) in [6, 6.07) is 13.6. The van der Waals surface area contributed by atoms with Gasteiger partial charge >= 0.3 is 0 Å². The second kappa shape index (κ2) is 10.0. The van der Waals surface area contributed by atoms with E-state index in [0.717, 1.165) is 24.0 Å². The maximum atomic E-state index is 13.2. The van der Waals surface area contributed by atoms with Gasteiger partial charge in [-0.3, -0.25) is 4.79 Å². The van der Waals surface area contributed by atoms with Crippen molar-refractivity contribution in [1.29, 1.82) is 0 Å². The van der Waals surface area contributed by atoms with Crippen LogP contribution in [0.15, 0.2) is 53.4 Å². The maximum absolute atomic E-state index is 13.2. The Morgan fingerprint density at radius 1 is 1.18 bits per heavy atom. The largest absolute Gasteiger partial charge is 0.353 e. The van der Waals surface area contributed by atoms with Crippen molar-refractivity contribution in [3.8, 4) is 0 Å². The van der Waals surface area contributed by atoms with Crippen LogP contribution >= 0.6 is 11.6 Å². The molecule has 0 radical (unpaired) electrons. The summed E-state index contributed by atoms with van der Waals surface area (Å²) in [4.78, 5) is 12.6. The Balaban J connectivity index is 2.29. The zero-order valence-electron chi connectivity index (χ0n) is 16.5. The van der Waals surface area contributed by atoms with Crippen LogP contribution < -0.4 is 5.32 Å². The van der Waals surface area contributed by atoms with Crippen LogP contribution in [0.1, 0.15) is 37.8 Å². The minimum atomic E-state index is -3.84. The van der Waals surface area contributed by atoms with E-state index in [2.05, 4.69) is 5.32 Å². The summed E-state index contributed by atoms with van der Waals surface area (Å²) in [7, 11) is -3.84.